The molecule has 2 heterocycles. The molecule has 0 atom stereocenters. The van der Waals surface area contributed by atoms with Crippen LogP contribution in [0.5, 0.6) is 0 Å². The molecule has 0 bridgehead atoms. The molecule has 0 saturated heterocycles. The summed E-state index contributed by atoms with van der Waals surface area (Å²) < 4.78 is 0. The average molecular weight is 292 g/mol. The molecule has 0 aliphatic heterocycles. The highest BCUT2D eigenvalue weighted by atomic mass is 32.1. The number of fused-ring (bicyclic) bond motifs is 1. The third-order valence-electron chi connectivity index (χ3n) is 3.36. The van der Waals surface area contributed by atoms with Gasteiger partial charge in [0.1, 0.15) is 16.5 Å². The van der Waals surface area contributed by atoms with Crippen LogP contribution in [-0.2, 0) is 6.54 Å². The van der Waals surface area contributed by atoms with Crippen molar-refractivity contribution in [2.45, 2.75) is 40.2 Å². The van der Waals surface area contributed by atoms with Crippen molar-refractivity contribution in [3.8, 4) is 0 Å². The molecular formula is C15H24N4S. The van der Waals surface area contributed by atoms with E-state index in [1.807, 2.05) is 0 Å². The lowest BCUT2D eigenvalue weighted by atomic mass is 10.3. The zero-order valence-electron chi connectivity index (χ0n) is 12.6. The maximum Gasteiger partial charge on any atom is 0.146 e. The molecule has 0 aliphatic carbocycles. The van der Waals surface area contributed by atoms with Crippen LogP contribution in [0.25, 0.3) is 10.2 Å². The first-order chi connectivity index (χ1) is 9.78. The molecule has 4 nitrogen and oxygen atoms in total. The molecule has 20 heavy (non-hydrogen) atoms. The van der Waals surface area contributed by atoms with Crippen molar-refractivity contribution >= 4 is 27.4 Å². The second-order valence-corrected chi connectivity index (χ2v) is 5.78. The number of nitrogens with one attached hydrogen (secondary N) is 1. The predicted molar refractivity (Wildman–Crippen MR) is 87.4 cm³/mol. The van der Waals surface area contributed by atoms with E-state index in [1.165, 1.54) is 12.8 Å². The van der Waals surface area contributed by atoms with Crippen molar-refractivity contribution in [2.24, 2.45) is 0 Å². The van der Waals surface area contributed by atoms with Crippen LogP contribution in [0, 0.1) is 0 Å². The van der Waals surface area contributed by atoms with Gasteiger partial charge in [0.05, 0.1) is 11.9 Å². The largest absolute Gasteiger partial charge is 0.370 e. The van der Waals surface area contributed by atoms with E-state index in [0.717, 1.165) is 48.0 Å². The molecule has 2 aromatic rings. The Morgan fingerprint density at radius 2 is 2.10 bits per heavy atom. The van der Waals surface area contributed by atoms with Gasteiger partial charge in [-0.25, -0.2) is 9.97 Å². The van der Waals surface area contributed by atoms with E-state index in [-0.39, 0.29) is 0 Å². The fourth-order valence-electron chi connectivity index (χ4n) is 2.20. The van der Waals surface area contributed by atoms with Gasteiger partial charge in [0.15, 0.2) is 0 Å². The number of hydrogen-bond acceptors (Lipinski definition) is 5. The standard InChI is InChI=1S/C15H24N4S/c1-4-7-9-19(6-3)11-13-17-14(16-5-2)12-8-10-20-15(12)18-13/h8,10H,4-7,9,11H2,1-3H3,(H,16,17,18). The van der Waals surface area contributed by atoms with Crippen LogP contribution in [0.1, 0.15) is 39.4 Å². The monoisotopic (exact) mass is 292 g/mol. The number of unbranched alkanes of at least 4 members (excludes halogenated alkanes) is 1. The third-order valence-corrected chi connectivity index (χ3v) is 4.16. The van der Waals surface area contributed by atoms with Crippen molar-refractivity contribution in [3.63, 3.8) is 0 Å². The van der Waals surface area contributed by atoms with Gasteiger partial charge in [-0.2, -0.15) is 0 Å². The maximum absolute atomic E-state index is 4.70. The molecule has 0 aliphatic rings. The summed E-state index contributed by atoms with van der Waals surface area (Å²) in [6.07, 6.45) is 2.46. The minimum atomic E-state index is 0.836. The molecule has 1 N–H and O–H groups in total. The molecule has 0 amide bonds. The van der Waals surface area contributed by atoms with Gasteiger partial charge in [-0.05, 0) is 37.9 Å². The molecule has 0 fully saturated rings. The van der Waals surface area contributed by atoms with Gasteiger partial charge in [0, 0.05) is 6.54 Å². The summed E-state index contributed by atoms with van der Waals surface area (Å²) in [7, 11) is 0. The molecule has 5 heteroatoms. The SMILES string of the molecule is CCCCN(CC)Cc1nc(NCC)c2ccsc2n1. The van der Waals surface area contributed by atoms with Crippen LogP contribution in [0.15, 0.2) is 11.4 Å². The van der Waals surface area contributed by atoms with Gasteiger partial charge in [-0.15, -0.1) is 11.3 Å². The Kier molecular flexibility index (Phi) is 5.73. The van der Waals surface area contributed by atoms with Gasteiger partial charge >= 0.3 is 0 Å². The van der Waals surface area contributed by atoms with Gasteiger partial charge < -0.3 is 5.32 Å². The molecule has 0 saturated carbocycles. The average Bonchev–Trinajstić information content (AvgIpc) is 2.92. The number of anilines is 1. The second kappa shape index (κ2) is 7.55. The minimum Gasteiger partial charge on any atom is -0.370 e. The number of rotatable bonds is 8. The van der Waals surface area contributed by atoms with Crippen LogP contribution in [0.2, 0.25) is 0 Å². The highest BCUT2D eigenvalue weighted by Crippen LogP contribution is 2.25. The first-order valence-corrected chi connectivity index (χ1v) is 8.36. The van der Waals surface area contributed by atoms with Gasteiger partial charge in [0.25, 0.3) is 0 Å². The van der Waals surface area contributed by atoms with Gasteiger partial charge in [-0.3, -0.25) is 4.90 Å². The molecule has 0 spiro atoms. The molecule has 0 unspecified atom stereocenters. The van der Waals surface area contributed by atoms with E-state index < -0.39 is 0 Å². The van der Waals surface area contributed by atoms with Crippen molar-refractivity contribution in [3.05, 3.63) is 17.3 Å². The van der Waals surface area contributed by atoms with E-state index in [2.05, 4.69) is 42.4 Å². The first kappa shape index (κ1) is 15.2. The van der Waals surface area contributed by atoms with Gasteiger partial charge in [0.2, 0.25) is 0 Å². The molecule has 2 rings (SSSR count). The quantitative estimate of drug-likeness (QED) is 0.804. The van der Waals surface area contributed by atoms with E-state index in [9.17, 15) is 0 Å². The third kappa shape index (κ3) is 3.67. The van der Waals surface area contributed by atoms with E-state index in [4.69, 9.17) is 9.97 Å². The maximum atomic E-state index is 4.70. The smallest absolute Gasteiger partial charge is 0.146 e. The molecule has 110 valence electrons. The zero-order chi connectivity index (χ0) is 14.4. The number of hydrogen-bond donors (Lipinski definition) is 1. The lowest BCUT2D eigenvalue weighted by molar-refractivity contribution is 0.269. The Morgan fingerprint density at radius 1 is 1.25 bits per heavy atom. The summed E-state index contributed by atoms with van der Waals surface area (Å²) in [6.45, 7) is 10.4. The fraction of sp³-hybridized carbons (Fsp3) is 0.600. The summed E-state index contributed by atoms with van der Waals surface area (Å²) in [4.78, 5) is 12.9. The van der Waals surface area contributed by atoms with Crippen molar-refractivity contribution in [2.75, 3.05) is 25.0 Å². The van der Waals surface area contributed by atoms with E-state index in [0.29, 0.717) is 0 Å². The highest BCUT2D eigenvalue weighted by Gasteiger charge is 2.11. The second-order valence-electron chi connectivity index (χ2n) is 4.88. The molecule has 0 aromatic carbocycles. The van der Waals surface area contributed by atoms with E-state index in [1.54, 1.807) is 11.3 Å². The van der Waals surface area contributed by atoms with Crippen molar-refractivity contribution in [1.29, 1.82) is 0 Å². The van der Waals surface area contributed by atoms with Crippen LogP contribution < -0.4 is 5.32 Å². The lowest BCUT2D eigenvalue weighted by Gasteiger charge is -2.19. The topological polar surface area (TPSA) is 41.1 Å². The Balaban J connectivity index is 2.20. The highest BCUT2D eigenvalue weighted by molar-refractivity contribution is 7.16. The Labute approximate surface area is 125 Å². The lowest BCUT2D eigenvalue weighted by Crippen LogP contribution is -2.25. The summed E-state index contributed by atoms with van der Waals surface area (Å²) in [6, 6.07) is 2.09. The van der Waals surface area contributed by atoms with Crippen LogP contribution >= 0.6 is 11.3 Å². The minimum absolute atomic E-state index is 0.836. The van der Waals surface area contributed by atoms with Crippen LogP contribution in [0.4, 0.5) is 5.82 Å². The Bertz CT molecular complexity index is 538. The Morgan fingerprint density at radius 3 is 2.80 bits per heavy atom. The first-order valence-electron chi connectivity index (χ1n) is 7.48. The summed E-state index contributed by atoms with van der Waals surface area (Å²) in [5.41, 5.74) is 0. The molecule has 2 aromatic heterocycles. The van der Waals surface area contributed by atoms with Crippen molar-refractivity contribution < 1.29 is 0 Å². The summed E-state index contributed by atoms with van der Waals surface area (Å²) in [5, 5.41) is 6.57. The number of thiophene rings is 1. The fourth-order valence-corrected chi connectivity index (χ4v) is 2.99. The van der Waals surface area contributed by atoms with Gasteiger partial charge in [-0.1, -0.05) is 20.3 Å². The van der Waals surface area contributed by atoms with Crippen LogP contribution in [0.3, 0.4) is 0 Å². The summed E-state index contributed by atoms with van der Waals surface area (Å²) >= 11 is 1.68. The molecule has 0 radical (unpaired) electrons. The predicted octanol–water partition coefficient (Wildman–Crippen LogP) is 3.75. The van der Waals surface area contributed by atoms with Crippen LogP contribution in [-0.4, -0.2) is 34.5 Å². The number of nitrogens with zero attached hydrogens (tertiary/aromatic N) is 3. The van der Waals surface area contributed by atoms with Crippen molar-refractivity contribution in [1.82, 2.24) is 14.9 Å². The Hall–Kier alpha value is -1.20. The normalized spacial score (nSPS) is 11.4. The van der Waals surface area contributed by atoms with E-state index >= 15 is 0 Å². The number of aromatic nitrogens is 2. The molecular weight excluding hydrogens is 268 g/mol. The summed E-state index contributed by atoms with van der Waals surface area (Å²) in [5.74, 6) is 1.90. The zero-order valence-corrected chi connectivity index (χ0v) is 13.5.